The highest BCUT2D eigenvalue weighted by Gasteiger charge is 2.26. The van der Waals surface area contributed by atoms with Gasteiger partial charge in [-0.1, -0.05) is 18.2 Å². The molecule has 0 amide bonds. The minimum absolute atomic E-state index is 0.0966. The summed E-state index contributed by atoms with van der Waals surface area (Å²) in [5.41, 5.74) is 1.26. The van der Waals surface area contributed by atoms with Gasteiger partial charge in [-0.2, -0.15) is 0 Å². The fraction of sp³-hybridized carbons (Fsp3) is 0.286. The zero-order valence-corrected chi connectivity index (χ0v) is 16.4. The third-order valence-corrected chi connectivity index (χ3v) is 4.95. The number of nitrogens with zero attached hydrogens (tertiary/aromatic N) is 4. The number of hydrogen-bond acceptors (Lipinski definition) is 8. The van der Waals surface area contributed by atoms with Gasteiger partial charge in [0, 0.05) is 24.7 Å². The average Bonchev–Trinajstić information content (AvgIpc) is 3.46. The summed E-state index contributed by atoms with van der Waals surface area (Å²) in [4.78, 5) is 25.6. The number of benzene rings is 2. The summed E-state index contributed by atoms with van der Waals surface area (Å²) in [6, 6.07) is 13.6. The van der Waals surface area contributed by atoms with Crippen LogP contribution in [-0.2, 0) is 4.74 Å². The van der Waals surface area contributed by atoms with Gasteiger partial charge in [-0.15, -0.1) is 10.2 Å². The molecule has 9 heteroatoms. The number of aromatic nitrogens is 2. The summed E-state index contributed by atoms with van der Waals surface area (Å²) in [6.45, 7) is 3.14. The Balaban J connectivity index is 1.50. The van der Waals surface area contributed by atoms with Crippen molar-refractivity contribution in [2.24, 2.45) is 0 Å². The second-order valence-corrected chi connectivity index (χ2v) is 7.01. The van der Waals surface area contributed by atoms with E-state index in [4.69, 9.17) is 9.15 Å². The van der Waals surface area contributed by atoms with Crippen LogP contribution in [0.3, 0.4) is 0 Å². The number of nitro benzene ring substituents is 1. The van der Waals surface area contributed by atoms with Crippen LogP contribution >= 0.6 is 0 Å². The molecule has 1 atom stereocenters. The Morgan fingerprint density at radius 1 is 1.17 bits per heavy atom. The van der Waals surface area contributed by atoms with Crippen LogP contribution in [-0.4, -0.2) is 34.2 Å². The second kappa shape index (κ2) is 8.32. The van der Waals surface area contributed by atoms with E-state index in [9.17, 15) is 14.9 Å². The number of esters is 1. The molecule has 1 saturated heterocycles. The Morgan fingerprint density at radius 2 is 1.90 bits per heavy atom. The standard InChI is InChI=1S/C21H20N4O5/c1-14(19-22-23-20(30-19)15-7-3-2-4-8-15)29-21(26)16-9-10-17(18(13-16)25(27)28)24-11-5-6-12-24/h2-4,7-10,13-14H,5-6,11-12H2,1H3. The van der Waals surface area contributed by atoms with E-state index in [0.29, 0.717) is 11.6 Å². The first-order valence-corrected chi connectivity index (χ1v) is 9.66. The van der Waals surface area contributed by atoms with Gasteiger partial charge in [-0.25, -0.2) is 4.79 Å². The van der Waals surface area contributed by atoms with E-state index in [1.165, 1.54) is 6.07 Å². The van der Waals surface area contributed by atoms with E-state index in [2.05, 4.69) is 10.2 Å². The van der Waals surface area contributed by atoms with Gasteiger partial charge < -0.3 is 14.1 Å². The number of hydrogen-bond donors (Lipinski definition) is 0. The lowest BCUT2D eigenvalue weighted by Crippen LogP contribution is -2.19. The number of rotatable bonds is 6. The minimum Gasteiger partial charge on any atom is -0.449 e. The molecule has 154 valence electrons. The van der Waals surface area contributed by atoms with E-state index in [-0.39, 0.29) is 17.1 Å². The normalized spacial score (nSPS) is 14.5. The molecular formula is C21H20N4O5. The van der Waals surface area contributed by atoms with Crippen molar-refractivity contribution < 1.29 is 18.9 Å². The summed E-state index contributed by atoms with van der Waals surface area (Å²) < 4.78 is 11.0. The van der Waals surface area contributed by atoms with Crippen LogP contribution in [0.25, 0.3) is 11.5 Å². The van der Waals surface area contributed by atoms with Crippen molar-refractivity contribution in [1.82, 2.24) is 10.2 Å². The van der Waals surface area contributed by atoms with Gasteiger partial charge in [-0.05, 0) is 44.0 Å². The van der Waals surface area contributed by atoms with Crippen molar-refractivity contribution in [3.63, 3.8) is 0 Å². The molecule has 2 aromatic carbocycles. The number of anilines is 1. The molecule has 0 radical (unpaired) electrons. The maximum atomic E-state index is 12.6. The Bertz CT molecular complexity index is 1060. The maximum absolute atomic E-state index is 12.6. The van der Waals surface area contributed by atoms with Gasteiger partial charge in [0.25, 0.3) is 11.6 Å². The van der Waals surface area contributed by atoms with Gasteiger partial charge >= 0.3 is 5.97 Å². The van der Waals surface area contributed by atoms with Crippen molar-refractivity contribution in [2.45, 2.75) is 25.9 Å². The summed E-state index contributed by atoms with van der Waals surface area (Å²) in [5, 5.41) is 19.4. The molecule has 30 heavy (non-hydrogen) atoms. The second-order valence-electron chi connectivity index (χ2n) is 7.01. The lowest BCUT2D eigenvalue weighted by atomic mass is 10.1. The first kappa shape index (κ1) is 19.6. The molecule has 1 fully saturated rings. The van der Waals surface area contributed by atoms with E-state index in [0.717, 1.165) is 31.5 Å². The van der Waals surface area contributed by atoms with Crippen LogP contribution in [0.1, 0.15) is 42.1 Å². The fourth-order valence-corrected chi connectivity index (χ4v) is 3.40. The van der Waals surface area contributed by atoms with Crippen LogP contribution in [0.4, 0.5) is 11.4 Å². The summed E-state index contributed by atoms with van der Waals surface area (Å²) in [7, 11) is 0. The molecule has 4 rings (SSSR count). The van der Waals surface area contributed by atoms with Crippen LogP contribution in [0.5, 0.6) is 0 Å². The van der Waals surface area contributed by atoms with E-state index < -0.39 is 17.0 Å². The van der Waals surface area contributed by atoms with Crippen molar-refractivity contribution in [3.05, 3.63) is 70.1 Å². The summed E-state index contributed by atoms with van der Waals surface area (Å²) in [5.74, 6) is -0.234. The van der Waals surface area contributed by atoms with E-state index in [1.807, 2.05) is 35.2 Å². The van der Waals surface area contributed by atoms with Crippen molar-refractivity contribution in [2.75, 3.05) is 18.0 Å². The highest BCUT2D eigenvalue weighted by Crippen LogP contribution is 2.32. The number of carbonyl (C=O) groups is 1. The maximum Gasteiger partial charge on any atom is 0.339 e. The molecule has 1 unspecified atom stereocenters. The molecule has 0 saturated carbocycles. The zero-order chi connectivity index (χ0) is 21.1. The van der Waals surface area contributed by atoms with E-state index in [1.54, 1.807) is 19.1 Å². The largest absolute Gasteiger partial charge is 0.449 e. The third-order valence-electron chi connectivity index (χ3n) is 4.95. The first-order chi connectivity index (χ1) is 14.5. The average molecular weight is 408 g/mol. The third kappa shape index (κ3) is 4.00. The SMILES string of the molecule is CC(OC(=O)c1ccc(N2CCCC2)c([N+](=O)[O-])c1)c1nnc(-c2ccccc2)o1. The van der Waals surface area contributed by atoms with Crippen LogP contribution in [0, 0.1) is 10.1 Å². The number of ether oxygens (including phenoxy) is 1. The molecule has 0 aliphatic carbocycles. The molecule has 0 bridgehead atoms. The van der Waals surface area contributed by atoms with Crippen molar-refractivity contribution >= 4 is 17.3 Å². The molecule has 1 aliphatic heterocycles. The molecule has 1 aliphatic rings. The Morgan fingerprint density at radius 3 is 2.60 bits per heavy atom. The van der Waals surface area contributed by atoms with E-state index >= 15 is 0 Å². The predicted molar refractivity (Wildman–Crippen MR) is 108 cm³/mol. The van der Waals surface area contributed by atoms with Gasteiger partial charge in [0.1, 0.15) is 5.69 Å². The van der Waals surface area contributed by atoms with Crippen molar-refractivity contribution in [3.8, 4) is 11.5 Å². The van der Waals surface area contributed by atoms with Crippen LogP contribution in [0.15, 0.2) is 52.9 Å². The highest BCUT2D eigenvalue weighted by atomic mass is 16.6. The zero-order valence-electron chi connectivity index (χ0n) is 16.4. The quantitative estimate of drug-likeness (QED) is 0.339. The van der Waals surface area contributed by atoms with Crippen molar-refractivity contribution in [1.29, 1.82) is 0 Å². The molecule has 3 aromatic rings. The molecule has 0 spiro atoms. The number of nitro groups is 1. The summed E-state index contributed by atoms with van der Waals surface area (Å²) >= 11 is 0. The van der Waals surface area contributed by atoms with Gasteiger partial charge in [0.15, 0.2) is 6.10 Å². The van der Waals surface area contributed by atoms with Gasteiger partial charge in [0.2, 0.25) is 5.89 Å². The predicted octanol–water partition coefficient (Wildman–Crippen LogP) is 4.16. The Kier molecular flexibility index (Phi) is 5.42. The monoisotopic (exact) mass is 408 g/mol. The lowest BCUT2D eigenvalue weighted by Gasteiger charge is -2.18. The molecule has 0 N–H and O–H groups in total. The smallest absolute Gasteiger partial charge is 0.339 e. The Labute approximate surface area is 172 Å². The number of carbonyl (C=O) groups excluding carboxylic acids is 1. The molecule has 1 aromatic heterocycles. The molecular weight excluding hydrogens is 388 g/mol. The van der Waals surface area contributed by atoms with Crippen LogP contribution in [0.2, 0.25) is 0 Å². The molecule has 9 nitrogen and oxygen atoms in total. The topological polar surface area (TPSA) is 112 Å². The van der Waals surface area contributed by atoms with Gasteiger partial charge in [-0.3, -0.25) is 10.1 Å². The van der Waals surface area contributed by atoms with Gasteiger partial charge in [0.05, 0.1) is 10.5 Å². The minimum atomic E-state index is -0.806. The van der Waals surface area contributed by atoms with Crippen LogP contribution < -0.4 is 4.90 Å². The summed E-state index contributed by atoms with van der Waals surface area (Å²) in [6.07, 6.45) is 1.18. The Hall–Kier alpha value is -3.75. The molecule has 2 heterocycles. The highest BCUT2D eigenvalue weighted by molar-refractivity contribution is 5.91. The lowest BCUT2D eigenvalue weighted by molar-refractivity contribution is -0.384. The first-order valence-electron chi connectivity index (χ1n) is 9.66. The fourth-order valence-electron chi connectivity index (χ4n) is 3.40.